The van der Waals surface area contributed by atoms with Crippen LogP contribution in [-0.4, -0.2) is 34.7 Å². The van der Waals surface area contributed by atoms with Gasteiger partial charge < -0.3 is 25.7 Å². The number of anilines is 1. The molecule has 7 nitrogen and oxygen atoms in total. The van der Waals surface area contributed by atoms with Gasteiger partial charge in [-0.2, -0.15) is 0 Å². The van der Waals surface area contributed by atoms with Crippen LogP contribution in [0.1, 0.15) is 10.6 Å². The van der Waals surface area contributed by atoms with E-state index in [9.17, 15) is 9.59 Å². The van der Waals surface area contributed by atoms with E-state index in [0.717, 1.165) is 0 Å². The Morgan fingerprint density at radius 3 is 2.60 bits per heavy atom. The molecule has 0 aliphatic rings. The Kier molecular flexibility index (Phi) is 3.29. The zero-order valence-corrected chi connectivity index (χ0v) is 7.64. The van der Waals surface area contributed by atoms with E-state index < -0.39 is 24.5 Å². The second-order valence-electron chi connectivity index (χ2n) is 2.75. The minimum absolute atomic E-state index is 0.0519. The molecule has 0 saturated heterocycles. The molecule has 0 radical (unpaired) electrons. The predicted octanol–water partition coefficient (Wildman–Crippen LogP) is -0.963. The van der Waals surface area contributed by atoms with Crippen molar-refractivity contribution >= 4 is 17.8 Å². The van der Waals surface area contributed by atoms with E-state index >= 15 is 0 Å². The maximum atomic E-state index is 11.3. The summed E-state index contributed by atoms with van der Waals surface area (Å²) >= 11 is 0. The Hall–Kier alpha value is -2.02. The molecule has 1 rings (SSSR count). The van der Waals surface area contributed by atoms with E-state index in [2.05, 4.69) is 5.32 Å². The fraction of sp³-hybridized carbons (Fsp3) is 0.250. The summed E-state index contributed by atoms with van der Waals surface area (Å²) in [6.07, 6.45) is 0. The van der Waals surface area contributed by atoms with Crippen LogP contribution in [0, 0.1) is 0 Å². The Bertz CT molecular complexity index is 373. The first kappa shape index (κ1) is 11.1. The summed E-state index contributed by atoms with van der Waals surface area (Å²) in [7, 11) is 0. The quantitative estimate of drug-likeness (QED) is 0.511. The van der Waals surface area contributed by atoms with Crippen LogP contribution in [0.15, 0.2) is 16.5 Å². The number of amides is 1. The van der Waals surface area contributed by atoms with Gasteiger partial charge in [-0.3, -0.25) is 4.79 Å². The maximum Gasteiger partial charge on any atom is 0.328 e. The van der Waals surface area contributed by atoms with Gasteiger partial charge in [0.05, 0.1) is 6.61 Å². The van der Waals surface area contributed by atoms with Crippen molar-refractivity contribution in [3.05, 3.63) is 17.9 Å². The van der Waals surface area contributed by atoms with Crippen molar-refractivity contribution in [1.82, 2.24) is 5.32 Å². The van der Waals surface area contributed by atoms with E-state index in [1.807, 2.05) is 0 Å². The van der Waals surface area contributed by atoms with Crippen LogP contribution < -0.4 is 11.1 Å². The molecule has 1 amide bonds. The topological polar surface area (TPSA) is 126 Å². The third kappa shape index (κ3) is 2.71. The minimum atomic E-state index is -1.36. The van der Waals surface area contributed by atoms with Gasteiger partial charge in [-0.25, -0.2) is 4.79 Å². The number of nitrogens with two attached hydrogens (primary N) is 1. The average molecular weight is 214 g/mol. The van der Waals surface area contributed by atoms with Crippen molar-refractivity contribution < 1.29 is 24.2 Å². The van der Waals surface area contributed by atoms with E-state index in [1.54, 1.807) is 0 Å². The van der Waals surface area contributed by atoms with Gasteiger partial charge in [0.2, 0.25) is 0 Å². The first-order valence-corrected chi connectivity index (χ1v) is 4.04. The third-order valence-electron chi connectivity index (χ3n) is 1.64. The van der Waals surface area contributed by atoms with E-state index in [1.165, 1.54) is 12.1 Å². The second-order valence-corrected chi connectivity index (χ2v) is 2.75. The van der Waals surface area contributed by atoms with Crippen molar-refractivity contribution in [2.75, 3.05) is 12.3 Å². The molecular formula is C8H10N2O5. The van der Waals surface area contributed by atoms with Crippen molar-refractivity contribution in [2.24, 2.45) is 0 Å². The molecule has 0 aliphatic heterocycles. The number of carbonyl (C=O) groups is 2. The molecule has 7 heteroatoms. The molecule has 15 heavy (non-hydrogen) atoms. The summed E-state index contributed by atoms with van der Waals surface area (Å²) in [5, 5.41) is 19.2. The van der Waals surface area contributed by atoms with Crippen molar-refractivity contribution in [1.29, 1.82) is 0 Å². The number of hydrogen-bond acceptors (Lipinski definition) is 5. The zero-order valence-electron chi connectivity index (χ0n) is 7.64. The molecular weight excluding hydrogens is 204 g/mol. The van der Waals surface area contributed by atoms with Gasteiger partial charge in [-0.15, -0.1) is 0 Å². The summed E-state index contributed by atoms with van der Waals surface area (Å²) in [4.78, 5) is 21.8. The number of aliphatic hydroxyl groups is 1. The van der Waals surface area contributed by atoms with Gasteiger partial charge in [0.15, 0.2) is 17.7 Å². The van der Waals surface area contributed by atoms with E-state index in [-0.39, 0.29) is 11.6 Å². The zero-order chi connectivity index (χ0) is 11.4. The second kappa shape index (κ2) is 4.47. The highest BCUT2D eigenvalue weighted by atomic mass is 16.4. The number of nitrogen functional groups attached to an aromatic ring is 1. The lowest BCUT2D eigenvalue weighted by molar-refractivity contribution is -0.140. The van der Waals surface area contributed by atoms with Gasteiger partial charge >= 0.3 is 5.97 Å². The predicted molar refractivity (Wildman–Crippen MR) is 49.1 cm³/mol. The summed E-state index contributed by atoms with van der Waals surface area (Å²) in [6.45, 7) is -0.697. The molecule has 1 atom stereocenters. The molecule has 82 valence electrons. The number of hydrogen-bond donors (Lipinski definition) is 4. The molecule has 5 N–H and O–H groups in total. The Morgan fingerprint density at radius 2 is 2.20 bits per heavy atom. The summed E-state index contributed by atoms with van der Waals surface area (Å²) in [5.41, 5.74) is 5.23. The first-order chi connectivity index (χ1) is 7.04. The molecule has 0 spiro atoms. The van der Waals surface area contributed by atoms with Crippen molar-refractivity contribution in [3.63, 3.8) is 0 Å². The number of carboxylic acid groups (broad SMARTS) is 1. The minimum Gasteiger partial charge on any atom is -0.480 e. The van der Waals surface area contributed by atoms with E-state index in [0.29, 0.717) is 0 Å². The highest BCUT2D eigenvalue weighted by Gasteiger charge is 2.21. The number of aliphatic carboxylic acids is 1. The van der Waals surface area contributed by atoms with Crippen LogP contribution in [-0.2, 0) is 4.79 Å². The standard InChI is InChI=1S/C8H10N2O5/c9-6-2-1-5(15-6)7(12)10-4(3-11)8(13)14/h1-2,4,11H,3,9H2,(H,10,12)(H,13,14). The molecule has 0 bridgehead atoms. The van der Waals surface area contributed by atoms with Gasteiger partial charge in [-0.1, -0.05) is 0 Å². The maximum absolute atomic E-state index is 11.3. The number of carbonyl (C=O) groups excluding carboxylic acids is 1. The van der Waals surface area contributed by atoms with Gasteiger partial charge in [0.25, 0.3) is 5.91 Å². The molecule has 1 unspecified atom stereocenters. The lowest BCUT2D eigenvalue weighted by atomic mass is 10.3. The first-order valence-electron chi connectivity index (χ1n) is 4.04. The average Bonchev–Trinajstić information content (AvgIpc) is 2.60. The van der Waals surface area contributed by atoms with Crippen LogP contribution in [0.4, 0.5) is 5.88 Å². The third-order valence-corrected chi connectivity index (χ3v) is 1.64. The van der Waals surface area contributed by atoms with Gasteiger partial charge in [-0.05, 0) is 6.07 Å². The molecule has 0 fully saturated rings. The van der Waals surface area contributed by atoms with Crippen molar-refractivity contribution in [2.45, 2.75) is 6.04 Å². The Labute approximate surface area is 84.5 Å². The number of nitrogens with one attached hydrogen (secondary N) is 1. The lowest BCUT2D eigenvalue weighted by Crippen LogP contribution is -2.43. The van der Waals surface area contributed by atoms with Gasteiger partial charge in [0.1, 0.15) is 0 Å². The number of carboxylic acids is 1. The van der Waals surface area contributed by atoms with Crippen LogP contribution in [0.5, 0.6) is 0 Å². The van der Waals surface area contributed by atoms with Crippen molar-refractivity contribution in [3.8, 4) is 0 Å². The Balaban J connectivity index is 2.66. The number of furan rings is 1. The highest BCUT2D eigenvalue weighted by Crippen LogP contribution is 2.08. The summed E-state index contributed by atoms with van der Waals surface area (Å²) < 4.78 is 4.76. The molecule has 1 aromatic heterocycles. The smallest absolute Gasteiger partial charge is 0.328 e. The Morgan fingerprint density at radius 1 is 1.53 bits per heavy atom. The lowest BCUT2D eigenvalue weighted by Gasteiger charge is -2.09. The number of aliphatic hydroxyl groups excluding tert-OH is 1. The monoisotopic (exact) mass is 214 g/mol. The van der Waals surface area contributed by atoms with Crippen LogP contribution >= 0.6 is 0 Å². The largest absolute Gasteiger partial charge is 0.480 e. The summed E-state index contributed by atoms with van der Waals surface area (Å²) in [6, 6.07) is 1.31. The normalized spacial score (nSPS) is 12.1. The SMILES string of the molecule is Nc1ccc(C(=O)NC(CO)C(=O)O)o1. The van der Waals surface area contributed by atoms with E-state index in [4.69, 9.17) is 20.4 Å². The van der Waals surface area contributed by atoms with Crippen LogP contribution in [0.2, 0.25) is 0 Å². The number of rotatable bonds is 4. The highest BCUT2D eigenvalue weighted by molar-refractivity contribution is 5.94. The molecule has 0 aliphatic carbocycles. The molecule has 0 saturated carbocycles. The molecule has 0 aromatic carbocycles. The van der Waals surface area contributed by atoms with Crippen LogP contribution in [0.3, 0.4) is 0 Å². The fourth-order valence-corrected chi connectivity index (χ4v) is 0.890. The fourth-order valence-electron chi connectivity index (χ4n) is 0.890. The van der Waals surface area contributed by atoms with Gasteiger partial charge in [0, 0.05) is 6.07 Å². The van der Waals surface area contributed by atoms with Crippen LogP contribution in [0.25, 0.3) is 0 Å². The molecule has 1 heterocycles. The summed E-state index contributed by atoms with van der Waals surface area (Å²) in [5.74, 6) is -2.12. The molecule has 1 aromatic rings.